The molecule has 1 aromatic carbocycles. The van der Waals surface area contributed by atoms with Gasteiger partial charge in [0, 0.05) is 32.9 Å². The Kier molecular flexibility index (Phi) is 16.8. The smallest absolute Gasteiger partial charge is 0.225 e. The van der Waals surface area contributed by atoms with Crippen LogP contribution in [-0.4, -0.2) is 23.6 Å². The van der Waals surface area contributed by atoms with Crippen LogP contribution in [-0.2, 0) is 0 Å². The van der Waals surface area contributed by atoms with E-state index in [0.29, 0.717) is 16.2 Å². The molecule has 0 saturated carbocycles. The van der Waals surface area contributed by atoms with Crippen molar-refractivity contribution < 1.29 is 0 Å². The third-order valence-corrected chi connectivity index (χ3v) is 7.57. The van der Waals surface area contributed by atoms with Crippen LogP contribution in [0.2, 0.25) is 5.02 Å². The van der Waals surface area contributed by atoms with Gasteiger partial charge in [0.1, 0.15) is 5.82 Å². The first-order valence-electron chi connectivity index (χ1n) is 13.1. The van der Waals surface area contributed by atoms with E-state index in [-0.39, 0.29) is 0 Å². The summed E-state index contributed by atoms with van der Waals surface area (Å²) in [6.45, 7) is 5.42. The van der Waals surface area contributed by atoms with E-state index >= 15 is 0 Å². The second-order valence-corrected chi connectivity index (χ2v) is 11.8. The molecule has 212 valence electrons. The molecule has 39 heavy (non-hydrogen) atoms. The fraction of sp³-hybridized carbons (Fsp3) is 0.379. The van der Waals surface area contributed by atoms with E-state index in [9.17, 15) is 0 Å². The van der Waals surface area contributed by atoms with Gasteiger partial charge in [-0.3, -0.25) is 4.72 Å². The molecule has 1 aromatic heterocycles. The lowest BCUT2D eigenvalue weighted by Crippen LogP contribution is -2.33. The second kappa shape index (κ2) is 19.5. The maximum atomic E-state index is 6.02. The Balaban J connectivity index is 0.000000455. The summed E-state index contributed by atoms with van der Waals surface area (Å²) in [6.07, 6.45) is 17.4. The van der Waals surface area contributed by atoms with Crippen LogP contribution < -0.4 is 25.9 Å². The normalized spacial score (nSPS) is 13.7. The largest absolute Gasteiger partial charge is 0.354 e. The lowest BCUT2D eigenvalue weighted by molar-refractivity contribution is 0.507. The number of anilines is 3. The average molecular weight is 627 g/mol. The van der Waals surface area contributed by atoms with E-state index in [1.54, 1.807) is 13.1 Å². The molecule has 0 aliphatic heterocycles. The van der Waals surface area contributed by atoms with Gasteiger partial charge in [0.05, 0.1) is 9.71 Å². The van der Waals surface area contributed by atoms with Crippen LogP contribution in [0.3, 0.4) is 0 Å². The highest BCUT2D eigenvalue weighted by Crippen LogP contribution is 2.23. The number of hydrogen-bond acceptors (Lipinski definition) is 7. The van der Waals surface area contributed by atoms with Crippen molar-refractivity contribution in [3.8, 4) is 0 Å². The number of aromatic nitrogens is 2. The average Bonchev–Trinajstić information content (AvgIpc) is 3.17. The van der Waals surface area contributed by atoms with Gasteiger partial charge in [0.25, 0.3) is 0 Å². The first-order valence-corrected chi connectivity index (χ1v) is 15.5. The third-order valence-electron chi connectivity index (χ3n) is 5.72. The lowest BCUT2D eigenvalue weighted by Gasteiger charge is -2.14. The Morgan fingerprint density at radius 3 is 2.62 bits per heavy atom. The zero-order valence-corrected chi connectivity index (χ0v) is 26.7. The summed E-state index contributed by atoms with van der Waals surface area (Å²) in [5, 5.41) is 9.56. The molecule has 0 bridgehead atoms. The minimum Gasteiger partial charge on any atom is -0.354 e. The van der Waals surface area contributed by atoms with Crippen LogP contribution in [0.5, 0.6) is 0 Å². The molecule has 10 heteroatoms. The highest BCUT2D eigenvalue weighted by Gasteiger charge is 2.08. The van der Waals surface area contributed by atoms with Gasteiger partial charge in [0.15, 0.2) is 0 Å². The van der Waals surface area contributed by atoms with Crippen LogP contribution in [0.25, 0.3) is 12.2 Å². The van der Waals surface area contributed by atoms with Crippen LogP contribution in [0, 0.1) is 5.92 Å². The second-order valence-electron chi connectivity index (χ2n) is 8.95. The molecule has 0 spiro atoms. The molecule has 2 aromatic rings. The van der Waals surface area contributed by atoms with Gasteiger partial charge in [-0.25, -0.2) is 4.98 Å². The SMILES string of the molecule is CCCCCCC(C)CNc1nc(Nc2ccc(Cl)cc2)c2c(n1)=CCC=CC=2.CNSC(/C=C/Cl)=C(/S)Cl. The molecule has 3 rings (SSSR count). The van der Waals surface area contributed by atoms with Gasteiger partial charge in [-0.15, -0.1) is 12.6 Å². The minimum absolute atomic E-state index is 0.427. The van der Waals surface area contributed by atoms with Crippen molar-refractivity contribution >= 4 is 89.0 Å². The highest BCUT2D eigenvalue weighted by molar-refractivity contribution is 8.02. The van der Waals surface area contributed by atoms with E-state index < -0.39 is 0 Å². The predicted octanol–water partition coefficient (Wildman–Crippen LogP) is 8.36. The number of unbranched alkanes of at least 4 members (excludes halogenated alkanes) is 3. The third kappa shape index (κ3) is 13.1. The summed E-state index contributed by atoms with van der Waals surface area (Å²) in [7, 11) is 1.79. The minimum atomic E-state index is 0.427. The highest BCUT2D eigenvalue weighted by atomic mass is 35.5. The van der Waals surface area contributed by atoms with Gasteiger partial charge >= 0.3 is 0 Å². The number of halogens is 3. The number of hydrogen-bond donors (Lipinski definition) is 4. The molecule has 1 aliphatic carbocycles. The van der Waals surface area contributed by atoms with Gasteiger partial charge in [-0.1, -0.05) is 92.6 Å². The van der Waals surface area contributed by atoms with Crippen LogP contribution in [0.4, 0.5) is 17.5 Å². The van der Waals surface area contributed by atoms with Crippen molar-refractivity contribution in [2.45, 2.75) is 52.4 Å². The van der Waals surface area contributed by atoms with Gasteiger partial charge in [-0.2, -0.15) is 4.98 Å². The van der Waals surface area contributed by atoms with E-state index in [0.717, 1.165) is 45.0 Å². The summed E-state index contributed by atoms with van der Waals surface area (Å²) < 4.78 is 3.28. The molecule has 1 heterocycles. The Hall–Kier alpha value is -1.61. The van der Waals surface area contributed by atoms with Crippen molar-refractivity contribution in [1.82, 2.24) is 14.7 Å². The Labute approximate surface area is 257 Å². The topological polar surface area (TPSA) is 61.9 Å². The van der Waals surface area contributed by atoms with Crippen LogP contribution in [0.1, 0.15) is 52.4 Å². The number of rotatable bonds is 13. The van der Waals surface area contributed by atoms with Crippen molar-refractivity contribution in [3.63, 3.8) is 0 Å². The number of allylic oxidation sites excluding steroid dienone is 3. The van der Waals surface area contributed by atoms with E-state index in [1.165, 1.54) is 49.6 Å². The number of thiol groups is 1. The van der Waals surface area contributed by atoms with Gasteiger partial charge in [-0.05, 0) is 74.2 Å². The molecular formula is C29H38Cl3N5S2. The molecule has 5 nitrogen and oxygen atoms in total. The molecule has 0 saturated heterocycles. The Morgan fingerprint density at radius 2 is 1.95 bits per heavy atom. The van der Waals surface area contributed by atoms with E-state index in [1.807, 2.05) is 24.3 Å². The summed E-state index contributed by atoms with van der Waals surface area (Å²) >= 11 is 22.2. The van der Waals surface area contributed by atoms with Gasteiger partial charge < -0.3 is 10.6 Å². The molecule has 0 amide bonds. The molecule has 1 atom stereocenters. The zero-order valence-electron chi connectivity index (χ0n) is 22.7. The van der Waals surface area contributed by atoms with Crippen LogP contribution in [0.15, 0.2) is 57.3 Å². The standard InChI is InChI=1S/C24H31ClN4.C5H7Cl2NS2/c1-3-4-5-7-10-18(2)17-26-24-28-22-12-9-6-8-11-21(22)23(29-24)27-20-15-13-19(25)14-16-20;1-8-10-4(2-3-6)5(7)9/h6,8,11-16,18H,3-5,7,9-10,17H2,1-2H3,(H2,26,27,28,29);2-3,8-9H,1H3/b;3-2+,5-4+. The summed E-state index contributed by atoms with van der Waals surface area (Å²) in [5.41, 5.74) is 2.34. The maximum Gasteiger partial charge on any atom is 0.225 e. The van der Waals surface area contributed by atoms with Crippen molar-refractivity contribution in [2.24, 2.45) is 5.92 Å². The number of benzene rings is 1. The number of fused-ring (bicyclic) bond motifs is 1. The molecule has 0 fully saturated rings. The molecular weight excluding hydrogens is 589 g/mol. The van der Waals surface area contributed by atoms with Crippen LogP contribution >= 0.6 is 59.4 Å². The number of nitrogens with zero attached hydrogens (tertiary/aromatic N) is 2. The quantitative estimate of drug-likeness (QED) is 0.0776. The van der Waals surface area contributed by atoms with Gasteiger partial charge in [0.2, 0.25) is 5.95 Å². The first kappa shape index (κ1) is 33.6. The summed E-state index contributed by atoms with van der Waals surface area (Å²) in [5.74, 6) is 2.07. The van der Waals surface area contributed by atoms with E-state index in [4.69, 9.17) is 44.8 Å². The molecule has 0 radical (unpaired) electrons. The van der Waals surface area contributed by atoms with E-state index in [2.05, 4.69) is 66.1 Å². The molecule has 1 unspecified atom stereocenters. The molecule has 1 aliphatic rings. The number of nitrogens with one attached hydrogen (secondary N) is 3. The predicted molar refractivity (Wildman–Crippen MR) is 179 cm³/mol. The fourth-order valence-electron chi connectivity index (χ4n) is 3.67. The zero-order chi connectivity index (χ0) is 28.5. The maximum absolute atomic E-state index is 6.02. The summed E-state index contributed by atoms with van der Waals surface area (Å²) in [4.78, 5) is 10.3. The van der Waals surface area contributed by atoms with Crippen molar-refractivity contribution in [3.05, 3.63) is 72.9 Å². The lowest BCUT2D eigenvalue weighted by atomic mass is 10.0. The first-order chi connectivity index (χ1) is 18.9. The Bertz CT molecular complexity index is 1230. The fourth-order valence-corrected chi connectivity index (χ4v) is 4.83. The molecule has 3 N–H and O–H groups in total. The van der Waals surface area contributed by atoms with Crippen molar-refractivity contribution in [1.29, 1.82) is 0 Å². The Morgan fingerprint density at radius 1 is 1.18 bits per heavy atom. The van der Waals surface area contributed by atoms with Crippen molar-refractivity contribution in [2.75, 3.05) is 24.2 Å². The summed E-state index contributed by atoms with van der Waals surface area (Å²) in [6, 6.07) is 7.66. The monoisotopic (exact) mass is 625 g/mol.